The Kier molecular flexibility index (Phi) is 7.65. The molecule has 1 atom stereocenters. The Labute approximate surface area is 97.6 Å². The Hall–Kier alpha value is -1.67. The van der Waals surface area contributed by atoms with E-state index in [2.05, 4.69) is 10.6 Å². The third-order valence-corrected chi connectivity index (χ3v) is 1.91. The highest BCUT2D eigenvalue weighted by Crippen LogP contribution is 1.97. The standard InChI is InChI=1S/C9H16N2O6/c12-7(13)2-1-6(9(16)17)11-4-3-10-5-8(14)15/h6,10-11H,1-5H2,(H,12,13)(H,14,15)(H,16,17). The van der Waals surface area contributed by atoms with Crippen molar-refractivity contribution < 1.29 is 29.7 Å². The van der Waals surface area contributed by atoms with E-state index in [1.807, 2.05) is 0 Å². The molecule has 0 radical (unpaired) electrons. The van der Waals surface area contributed by atoms with Gasteiger partial charge in [0.2, 0.25) is 0 Å². The van der Waals surface area contributed by atoms with Crippen molar-refractivity contribution in [3.8, 4) is 0 Å². The topological polar surface area (TPSA) is 136 Å². The van der Waals surface area contributed by atoms with Gasteiger partial charge in [-0.2, -0.15) is 0 Å². The van der Waals surface area contributed by atoms with Crippen LogP contribution in [0, 0.1) is 0 Å². The fraction of sp³-hybridized carbons (Fsp3) is 0.667. The first kappa shape index (κ1) is 15.3. The van der Waals surface area contributed by atoms with Gasteiger partial charge in [-0.25, -0.2) is 0 Å². The predicted molar refractivity (Wildman–Crippen MR) is 56.8 cm³/mol. The quantitative estimate of drug-likeness (QED) is 0.297. The first-order valence-corrected chi connectivity index (χ1v) is 5.04. The van der Waals surface area contributed by atoms with Gasteiger partial charge in [-0.1, -0.05) is 0 Å². The highest BCUT2D eigenvalue weighted by Gasteiger charge is 2.17. The maximum atomic E-state index is 10.7. The Bertz CT molecular complexity index is 281. The summed E-state index contributed by atoms with van der Waals surface area (Å²) in [5.41, 5.74) is 0. The summed E-state index contributed by atoms with van der Waals surface area (Å²) in [6, 6.07) is -0.933. The maximum Gasteiger partial charge on any atom is 0.320 e. The van der Waals surface area contributed by atoms with Crippen molar-refractivity contribution in [2.75, 3.05) is 19.6 Å². The molecule has 0 saturated carbocycles. The average molecular weight is 248 g/mol. The predicted octanol–water partition coefficient (Wildman–Crippen LogP) is -1.43. The molecule has 0 aromatic carbocycles. The largest absolute Gasteiger partial charge is 0.481 e. The second-order valence-corrected chi connectivity index (χ2v) is 3.35. The summed E-state index contributed by atoms with van der Waals surface area (Å²) in [4.78, 5) is 31.1. The van der Waals surface area contributed by atoms with Crippen molar-refractivity contribution in [1.29, 1.82) is 0 Å². The first-order valence-electron chi connectivity index (χ1n) is 5.04. The van der Waals surface area contributed by atoms with E-state index in [4.69, 9.17) is 15.3 Å². The number of nitrogens with one attached hydrogen (secondary N) is 2. The van der Waals surface area contributed by atoms with Crippen molar-refractivity contribution in [1.82, 2.24) is 10.6 Å². The third-order valence-electron chi connectivity index (χ3n) is 1.91. The van der Waals surface area contributed by atoms with Crippen LogP contribution in [0.2, 0.25) is 0 Å². The fourth-order valence-electron chi connectivity index (χ4n) is 1.11. The molecule has 0 aliphatic heterocycles. The van der Waals surface area contributed by atoms with Crippen molar-refractivity contribution in [3.63, 3.8) is 0 Å². The fourth-order valence-corrected chi connectivity index (χ4v) is 1.11. The van der Waals surface area contributed by atoms with Gasteiger partial charge in [-0.3, -0.25) is 14.4 Å². The molecule has 0 bridgehead atoms. The average Bonchev–Trinajstić information content (AvgIpc) is 2.20. The molecule has 0 aromatic heterocycles. The molecule has 0 aliphatic rings. The molecular weight excluding hydrogens is 232 g/mol. The van der Waals surface area contributed by atoms with E-state index in [1.54, 1.807) is 0 Å². The molecule has 17 heavy (non-hydrogen) atoms. The van der Waals surface area contributed by atoms with Gasteiger partial charge in [0.05, 0.1) is 6.54 Å². The minimum Gasteiger partial charge on any atom is -0.481 e. The van der Waals surface area contributed by atoms with Crippen LogP contribution in [0.3, 0.4) is 0 Å². The highest BCUT2D eigenvalue weighted by atomic mass is 16.4. The molecule has 0 rings (SSSR count). The van der Waals surface area contributed by atoms with Crippen LogP contribution in [-0.2, 0) is 14.4 Å². The smallest absolute Gasteiger partial charge is 0.320 e. The zero-order chi connectivity index (χ0) is 13.3. The summed E-state index contributed by atoms with van der Waals surface area (Å²) < 4.78 is 0. The van der Waals surface area contributed by atoms with Crippen LogP contribution in [0.15, 0.2) is 0 Å². The lowest BCUT2D eigenvalue weighted by molar-refractivity contribution is -0.141. The van der Waals surface area contributed by atoms with Gasteiger partial charge in [0, 0.05) is 19.5 Å². The van der Waals surface area contributed by atoms with Crippen LogP contribution in [-0.4, -0.2) is 58.9 Å². The van der Waals surface area contributed by atoms with Crippen LogP contribution in [0.1, 0.15) is 12.8 Å². The zero-order valence-corrected chi connectivity index (χ0v) is 9.18. The maximum absolute atomic E-state index is 10.7. The van der Waals surface area contributed by atoms with Gasteiger partial charge in [0.15, 0.2) is 0 Å². The lowest BCUT2D eigenvalue weighted by Gasteiger charge is -2.13. The minimum absolute atomic E-state index is 0.0103. The molecule has 8 heteroatoms. The molecule has 0 heterocycles. The summed E-state index contributed by atoms with van der Waals surface area (Å²) in [6.07, 6.45) is -0.240. The van der Waals surface area contributed by atoms with E-state index < -0.39 is 23.9 Å². The van der Waals surface area contributed by atoms with Crippen LogP contribution in [0.5, 0.6) is 0 Å². The van der Waals surface area contributed by atoms with Gasteiger partial charge in [0.1, 0.15) is 6.04 Å². The SMILES string of the molecule is O=C(O)CCC(NCCNCC(=O)O)C(=O)O. The number of aliphatic carboxylic acids is 3. The van der Waals surface area contributed by atoms with Crippen molar-refractivity contribution in [2.45, 2.75) is 18.9 Å². The lowest BCUT2D eigenvalue weighted by atomic mass is 10.1. The van der Waals surface area contributed by atoms with Gasteiger partial charge in [-0.15, -0.1) is 0 Å². The molecule has 1 unspecified atom stereocenters. The molecule has 5 N–H and O–H groups in total. The van der Waals surface area contributed by atoms with Crippen LogP contribution >= 0.6 is 0 Å². The van der Waals surface area contributed by atoms with Crippen LogP contribution in [0.4, 0.5) is 0 Å². The van der Waals surface area contributed by atoms with E-state index in [9.17, 15) is 14.4 Å². The zero-order valence-electron chi connectivity index (χ0n) is 9.18. The van der Waals surface area contributed by atoms with Gasteiger partial charge >= 0.3 is 17.9 Å². The summed E-state index contributed by atoms with van der Waals surface area (Å²) >= 11 is 0. The molecule has 8 nitrogen and oxygen atoms in total. The number of rotatable bonds is 10. The molecular formula is C9H16N2O6. The molecule has 0 aliphatic carbocycles. The number of carboxylic acids is 3. The van der Waals surface area contributed by atoms with E-state index in [0.29, 0.717) is 6.54 Å². The Morgan fingerprint density at radius 2 is 1.65 bits per heavy atom. The summed E-state index contributed by atoms with van der Waals surface area (Å²) in [7, 11) is 0. The molecule has 0 fully saturated rings. The van der Waals surface area contributed by atoms with E-state index in [-0.39, 0.29) is 25.9 Å². The van der Waals surface area contributed by atoms with E-state index in [1.165, 1.54) is 0 Å². The lowest BCUT2D eigenvalue weighted by Crippen LogP contribution is -2.41. The molecule has 0 amide bonds. The van der Waals surface area contributed by atoms with Crippen molar-refractivity contribution in [3.05, 3.63) is 0 Å². The normalized spacial score (nSPS) is 12.0. The number of carbonyl (C=O) groups is 3. The van der Waals surface area contributed by atoms with Crippen molar-refractivity contribution >= 4 is 17.9 Å². The molecule has 0 aromatic rings. The monoisotopic (exact) mass is 248 g/mol. The van der Waals surface area contributed by atoms with Gasteiger partial charge in [-0.05, 0) is 6.42 Å². The number of hydrogen-bond acceptors (Lipinski definition) is 5. The third kappa shape index (κ3) is 9.27. The highest BCUT2D eigenvalue weighted by molar-refractivity contribution is 5.75. The summed E-state index contributed by atoms with van der Waals surface area (Å²) in [6.45, 7) is 0.349. The van der Waals surface area contributed by atoms with Crippen LogP contribution in [0.25, 0.3) is 0 Å². The van der Waals surface area contributed by atoms with Crippen molar-refractivity contribution in [2.24, 2.45) is 0 Å². The van der Waals surface area contributed by atoms with Crippen LogP contribution < -0.4 is 10.6 Å². The summed E-state index contributed by atoms with van der Waals surface area (Å²) in [5, 5.41) is 30.7. The number of hydrogen-bond donors (Lipinski definition) is 5. The molecule has 0 spiro atoms. The molecule has 98 valence electrons. The van der Waals surface area contributed by atoms with E-state index >= 15 is 0 Å². The van der Waals surface area contributed by atoms with Gasteiger partial charge < -0.3 is 26.0 Å². The van der Waals surface area contributed by atoms with Gasteiger partial charge in [0.25, 0.3) is 0 Å². The Balaban J connectivity index is 3.74. The Morgan fingerprint density at radius 1 is 1.00 bits per heavy atom. The Morgan fingerprint density at radius 3 is 2.12 bits per heavy atom. The first-order chi connectivity index (χ1) is 7.93. The minimum atomic E-state index is -1.12. The molecule has 0 saturated heterocycles. The second-order valence-electron chi connectivity index (χ2n) is 3.35. The second kappa shape index (κ2) is 8.48. The summed E-state index contributed by atoms with van der Waals surface area (Å²) in [5.74, 6) is -3.17. The van der Waals surface area contributed by atoms with E-state index in [0.717, 1.165) is 0 Å². The number of carboxylic acid groups (broad SMARTS) is 3.